The summed E-state index contributed by atoms with van der Waals surface area (Å²) >= 11 is 3.40. The van der Waals surface area contributed by atoms with Crippen molar-refractivity contribution in [2.45, 2.75) is 40.3 Å². The van der Waals surface area contributed by atoms with Crippen LogP contribution >= 0.6 is 15.9 Å². The second kappa shape index (κ2) is 5.88. The number of halogens is 1. The van der Waals surface area contributed by atoms with Gasteiger partial charge in [0.2, 0.25) is 0 Å². The number of pyridine rings is 1. The van der Waals surface area contributed by atoms with E-state index in [0.29, 0.717) is 5.69 Å². The van der Waals surface area contributed by atoms with Crippen LogP contribution < -0.4 is 5.43 Å². The Bertz CT molecular complexity index is 861. The van der Waals surface area contributed by atoms with Crippen molar-refractivity contribution < 1.29 is 9.53 Å². The van der Waals surface area contributed by atoms with Crippen LogP contribution in [0.3, 0.4) is 0 Å². The minimum atomic E-state index is -0.583. The van der Waals surface area contributed by atoms with Crippen LogP contribution in [0.15, 0.2) is 27.9 Å². The van der Waals surface area contributed by atoms with Crippen LogP contribution in [0, 0.1) is 5.41 Å². The fraction of sp³-hybridized carbons (Fsp3) is 0.471. The molecule has 0 amide bonds. The number of carbonyl (C=O) groups excluding carboxylic acids is 1. The van der Waals surface area contributed by atoms with Crippen molar-refractivity contribution >= 4 is 21.9 Å². The molecule has 24 heavy (non-hydrogen) atoms. The molecule has 0 unspecified atom stereocenters. The molecule has 2 aromatic heterocycles. The van der Waals surface area contributed by atoms with E-state index in [9.17, 15) is 9.59 Å². The normalized spacial score (nSPS) is 16.5. The number of imidazole rings is 1. The molecule has 0 fully saturated rings. The lowest BCUT2D eigenvalue weighted by Crippen LogP contribution is -2.35. The number of aromatic nitrogens is 3. The van der Waals surface area contributed by atoms with Gasteiger partial charge in [0.15, 0.2) is 11.3 Å². The van der Waals surface area contributed by atoms with Crippen LogP contribution in [0.25, 0.3) is 11.5 Å². The fourth-order valence-corrected chi connectivity index (χ4v) is 3.46. The van der Waals surface area contributed by atoms with Gasteiger partial charge in [-0.05, 0) is 28.3 Å². The molecular weight excluding hydrogens is 374 g/mol. The van der Waals surface area contributed by atoms with Gasteiger partial charge in [0, 0.05) is 25.0 Å². The van der Waals surface area contributed by atoms with E-state index in [-0.39, 0.29) is 29.1 Å². The molecule has 0 spiro atoms. The molecule has 2 aromatic rings. The molecule has 3 rings (SSSR count). The molecule has 7 heteroatoms. The van der Waals surface area contributed by atoms with Crippen molar-refractivity contribution in [2.24, 2.45) is 5.41 Å². The molecule has 0 aromatic carbocycles. The van der Waals surface area contributed by atoms with Gasteiger partial charge >= 0.3 is 5.97 Å². The minimum absolute atomic E-state index is 0.0638. The summed E-state index contributed by atoms with van der Waals surface area (Å²) in [7, 11) is 0. The first kappa shape index (κ1) is 17.0. The predicted molar refractivity (Wildman–Crippen MR) is 94.1 cm³/mol. The monoisotopic (exact) mass is 393 g/mol. The van der Waals surface area contributed by atoms with Crippen LogP contribution in [0.5, 0.6) is 0 Å². The average Bonchev–Trinajstić information content (AvgIpc) is 2.85. The Balaban J connectivity index is 2.24. The SMILES string of the molecule is CCOC(=O)c1cn2c(cc1=O)-c1nc(Br)cn1C[C@H]2C(C)(C)C. The third-order valence-electron chi connectivity index (χ3n) is 4.26. The number of nitrogens with zero attached hydrogens (tertiary/aromatic N) is 3. The number of carbonyl (C=O) groups is 1. The molecule has 3 heterocycles. The van der Waals surface area contributed by atoms with Crippen molar-refractivity contribution in [3.8, 4) is 11.5 Å². The highest BCUT2D eigenvalue weighted by Gasteiger charge is 2.34. The number of hydrogen-bond acceptors (Lipinski definition) is 4. The molecule has 1 aliphatic heterocycles. The molecule has 0 saturated heterocycles. The highest BCUT2D eigenvalue weighted by Crippen LogP contribution is 2.39. The van der Waals surface area contributed by atoms with Crippen molar-refractivity contribution in [3.63, 3.8) is 0 Å². The van der Waals surface area contributed by atoms with Crippen molar-refractivity contribution in [2.75, 3.05) is 6.61 Å². The van der Waals surface area contributed by atoms with Gasteiger partial charge in [-0.25, -0.2) is 9.78 Å². The molecule has 1 atom stereocenters. The van der Waals surface area contributed by atoms with Crippen LogP contribution in [0.1, 0.15) is 44.1 Å². The maximum Gasteiger partial charge on any atom is 0.343 e. The number of ether oxygens (including phenoxy) is 1. The highest BCUT2D eigenvalue weighted by molar-refractivity contribution is 9.10. The summed E-state index contributed by atoms with van der Waals surface area (Å²) < 4.78 is 9.77. The zero-order valence-electron chi connectivity index (χ0n) is 14.2. The highest BCUT2D eigenvalue weighted by atomic mass is 79.9. The van der Waals surface area contributed by atoms with Crippen LogP contribution in [-0.4, -0.2) is 26.7 Å². The van der Waals surface area contributed by atoms with Crippen LogP contribution in [-0.2, 0) is 11.3 Å². The predicted octanol–water partition coefficient (Wildman–Crippen LogP) is 3.25. The largest absolute Gasteiger partial charge is 0.462 e. The van der Waals surface area contributed by atoms with Gasteiger partial charge in [0.05, 0.1) is 18.3 Å². The summed E-state index contributed by atoms with van der Waals surface area (Å²) in [5.41, 5.74) is 0.364. The first-order valence-electron chi connectivity index (χ1n) is 7.88. The lowest BCUT2D eigenvalue weighted by atomic mass is 9.85. The maximum atomic E-state index is 12.4. The number of rotatable bonds is 2. The van der Waals surface area contributed by atoms with Crippen molar-refractivity contribution in [3.05, 3.63) is 38.9 Å². The lowest BCUT2D eigenvalue weighted by Gasteiger charge is -2.38. The van der Waals surface area contributed by atoms with E-state index in [1.54, 1.807) is 13.1 Å². The quantitative estimate of drug-likeness (QED) is 0.734. The number of fused-ring (bicyclic) bond motifs is 3. The maximum absolute atomic E-state index is 12.4. The zero-order chi connectivity index (χ0) is 17.6. The van der Waals surface area contributed by atoms with Gasteiger partial charge in [0.1, 0.15) is 10.2 Å². The first-order valence-corrected chi connectivity index (χ1v) is 8.68. The van der Waals surface area contributed by atoms with E-state index in [0.717, 1.165) is 17.0 Å². The van der Waals surface area contributed by atoms with Gasteiger partial charge in [0.25, 0.3) is 0 Å². The van der Waals surface area contributed by atoms with E-state index in [2.05, 4.69) is 41.7 Å². The third-order valence-corrected chi connectivity index (χ3v) is 4.64. The standard InChI is InChI=1S/C17H20BrN3O3/c1-5-24-16(23)10-7-21-11(6-12(10)22)15-19-14(18)9-20(15)8-13(21)17(2,3)4/h6-7,9,13H,5,8H2,1-4H3/t13-/m0/s1. The molecule has 6 nitrogen and oxygen atoms in total. The second-order valence-electron chi connectivity index (χ2n) is 6.99. The Morgan fingerprint density at radius 2 is 2.12 bits per heavy atom. The van der Waals surface area contributed by atoms with Gasteiger partial charge in [-0.3, -0.25) is 4.79 Å². The van der Waals surface area contributed by atoms with E-state index in [1.807, 2.05) is 15.3 Å². The van der Waals surface area contributed by atoms with Crippen molar-refractivity contribution in [1.29, 1.82) is 0 Å². The van der Waals surface area contributed by atoms with E-state index in [4.69, 9.17) is 4.74 Å². The topological polar surface area (TPSA) is 66.1 Å². The first-order chi connectivity index (χ1) is 11.2. The van der Waals surface area contributed by atoms with E-state index in [1.165, 1.54) is 6.07 Å². The number of hydrogen-bond donors (Lipinski definition) is 0. The summed E-state index contributed by atoms with van der Waals surface area (Å²) in [6.45, 7) is 9.09. The van der Waals surface area contributed by atoms with Gasteiger partial charge < -0.3 is 13.9 Å². The second-order valence-corrected chi connectivity index (χ2v) is 7.80. The molecule has 0 saturated carbocycles. The van der Waals surface area contributed by atoms with E-state index < -0.39 is 5.97 Å². The fourth-order valence-electron chi connectivity index (χ4n) is 3.04. The Morgan fingerprint density at radius 1 is 1.42 bits per heavy atom. The third kappa shape index (κ3) is 2.81. The van der Waals surface area contributed by atoms with Crippen LogP contribution in [0.4, 0.5) is 0 Å². The summed E-state index contributed by atoms with van der Waals surface area (Å²) in [5.74, 6) is 0.135. The Labute approximate surface area is 148 Å². The Morgan fingerprint density at radius 3 is 2.75 bits per heavy atom. The number of esters is 1. The molecule has 128 valence electrons. The van der Waals surface area contributed by atoms with Gasteiger partial charge in [-0.1, -0.05) is 20.8 Å². The smallest absolute Gasteiger partial charge is 0.343 e. The van der Waals surface area contributed by atoms with Crippen molar-refractivity contribution in [1.82, 2.24) is 14.1 Å². The summed E-state index contributed by atoms with van der Waals surface area (Å²) in [6.07, 6.45) is 3.54. The Kier molecular flexibility index (Phi) is 4.15. The zero-order valence-corrected chi connectivity index (χ0v) is 15.8. The van der Waals surface area contributed by atoms with Gasteiger partial charge in [-0.2, -0.15) is 0 Å². The molecule has 0 aliphatic carbocycles. The van der Waals surface area contributed by atoms with E-state index >= 15 is 0 Å². The molecule has 1 aliphatic rings. The molecular formula is C17H20BrN3O3. The lowest BCUT2D eigenvalue weighted by molar-refractivity contribution is 0.0522. The minimum Gasteiger partial charge on any atom is -0.462 e. The summed E-state index contributed by atoms with van der Waals surface area (Å²) in [5, 5.41) is 0. The van der Waals surface area contributed by atoms with Crippen LogP contribution in [0.2, 0.25) is 0 Å². The van der Waals surface area contributed by atoms with Gasteiger partial charge in [-0.15, -0.1) is 0 Å². The average molecular weight is 394 g/mol. The summed E-state index contributed by atoms with van der Waals surface area (Å²) in [4.78, 5) is 29.0. The summed E-state index contributed by atoms with van der Waals surface area (Å²) in [6, 6.07) is 1.56. The molecule has 0 bridgehead atoms. The molecule has 0 radical (unpaired) electrons. The molecule has 0 N–H and O–H groups in total. The Hall–Kier alpha value is -1.89.